The number of amides is 1. The van der Waals surface area contributed by atoms with Crippen molar-refractivity contribution >= 4 is 27.9 Å². The van der Waals surface area contributed by atoms with Crippen molar-refractivity contribution in [1.82, 2.24) is 0 Å². The van der Waals surface area contributed by atoms with Gasteiger partial charge >= 0.3 is 0 Å². The van der Waals surface area contributed by atoms with Gasteiger partial charge in [-0.05, 0) is 30.5 Å². The van der Waals surface area contributed by atoms with Crippen LogP contribution in [0.25, 0.3) is 0 Å². The molecule has 1 unspecified atom stereocenters. The van der Waals surface area contributed by atoms with E-state index in [1.807, 2.05) is 24.3 Å². The van der Waals surface area contributed by atoms with E-state index in [9.17, 15) is 4.79 Å². The fourth-order valence-corrected chi connectivity index (χ4v) is 2.90. The van der Waals surface area contributed by atoms with Crippen LogP contribution < -0.4 is 20.1 Å². The van der Waals surface area contributed by atoms with Crippen molar-refractivity contribution < 1.29 is 14.3 Å². The summed E-state index contributed by atoms with van der Waals surface area (Å²) in [4.78, 5) is 12.2. The largest absolute Gasteiger partial charge is 0.486 e. The van der Waals surface area contributed by atoms with Crippen molar-refractivity contribution in [3.8, 4) is 17.6 Å². The SMILES string of the molecule is CC(Nc1ccc2c(c1)OCCO2)C(=O)Nc1sccc1C#N. The van der Waals surface area contributed by atoms with Gasteiger partial charge in [0.15, 0.2) is 11.5 Å². The molecule has 1 aromatic carbocycles. The minimum Gasteiger partial charge on any atom is -0.486 e. The third kappa shape index (κ3) is 3.38. The van der Waals surface area contributed by atoms with Crippen molar-refractivity contribution in [3.63, 3.8) is 0 Å². The molecule has 23 heavy (non-hydrogen) atoms. The van der Waals surface area contributed by atoms with Crippen molar-refractivity contribution in [2.75, 3.05) is 23.8 Å². The maximum atomic E-state index is 12.2. The first-order valence-corrected chi connectivity index (χ1v) is 8.00. The lowest BCUT2D eigenvalue weighted by Crippen LogP contribution is -2.31. The molecule has 1 aromatic heterocycles. The summed E-state index contributed by atoms with van der Waals surface area (Å²) < 4.78 is 11.0. The second-order valence-electron chi connectivity index (χ2n) is 4.99. The normalized spacial score (nSPS) is 13.7. The van der Waals surface area contributed by atoms with Crippen molar-refractivity contribution in [2.24, 2.45) is 0 Å². The number of benzene rings is 1. The molecular weight excluding hydrogens is 314 g/mol. The monoisotopic (exact) mass is 329 g/mol. The lowest BCUT2D eigenvalue weighted by atomic mass is 10.2. The molecule has 1 atom stereocenters. The molecule has 0 saturated heterocycles. The van der Waals surface area contributed by atoms with Gasteiger partial charge in [0.05, 0.1) is 5.56 Å². The second-order valence-corrected chi connectivity index (χ2v) is 5.91. The molecule has 2 N–H and O–H groups in total. The second kappa shape index (κ2) is 6.58. The standard InChI is InChI=1S/C16H15N3O3S/c1-10(15(20)19-16-11(9-17)4-7-23-16)18-12-2-3-13-14(8-12)22-6-5-21-13/h2-4,7-8,10,18H,5-6H2,1H3,(H,19,20). The summed E-state index contributed by atoms with van der Waals surface area (Å²) >= 11 is 1.33. The quantitative estimate of drug-likeness (QED) is 0.901. The van der Waals surface area contributed by atoms with E-state index in [1.165, 1.54) is 11.3 Å². The van der Waals surface area contributed by atoms with Gasteiger partial charge in [0, 0.05) is 11.8 Å². The summed E-state index contributed by atoms with van der Waals surface area (Å²) in [6.45, 7) is 2.81. The minimum atomic E-state index is -0.466. The Kier molecular flexibility index (Phi) is 4.35. The number of ether oxygens (including phenoxy) is 2. The van der Waals surface area contributed by atoms with Gasteiger partial charge in [-0.1, -0.05) is 0 Å². The molecule has 3 rings (SSSR count). The van der Waals surface area contributed by atoms with Gasteiger partial charge in [0.25, 0.3) is 0 Å². The van der Waals surface area contributed by atoms with E-state index in [-0.39, 0.29) is 5.91 Å². The van der Waals surface area contributed by atoms with Crippen LogP contribution in [0.2, 0.25) is 0 Å². The number of nitrogens with zero attached hydrogens (tertiary/aromatic N) is 1. The molecule has 0 fully saturated rings. The van der Waals surface area contributed by atoms with Crippen LogP contribution in [0.3, 0.4) is 0 Å². The maximum Gasteiger partial charge on any atom is 0.247 e. The highest BCUT2D eigenvalue weighted by Gasteiger charge is 2.17. The highest BCUT2D eigenvalue weighted by Crippen LogP contribution is 2.32. The molecular formula is C16H15N3O3S. The van der Waals surface area contributed by atoms with Gasteiger partial charge in [-0.2, -0.15) is 5.26 Å². The zero-order chi connectivity index (χ0) is 16.2. The number of carbonyl (C=O) groups excluding carboxylic acids is 1. The summed E-state index contributed by atoms with van der Waals surface area (Å²) in [5.74, 6) is 1.16. The number of rotatable bonds is 4. The summed E-state index contributed by atoms with van der Waals surface area (Å²) in [6.07, 6.45) is 0. The molecule has 1 amide bonds. The lowest BCUT2D eigenvalue weighted by Gasteiger charge is -2.20. The lowest BCUT2D eigenvalue weighted by molar-refractivity contribution is -0.116. The van der Waals surface area contributed by atoms with Crippen LogP contribution in [0.1, 0.15) is 12.5 Å². The number of anilines is 2. The minimum absolute atomic E-state index is 0.209. The molecule has 1 aliphatic heterocycles. The number of thiophene rings is 1. The van der Waals surface area contributed by atoms with Crippen LogP contribution in [-0.2, 0) is 4.79 Å². The van der Waals surface area contributed by atoms with Crippen molar-refractivity contribution in [2.45, 2.75) is 13.0 Å². The Labute approximate surface area is 137 Å². The van der Waals surface area contributed by atoms with Crippen LogP contribution in [0.15, 0.2) is 29.6 Å². The van der Waals surface area contributed by atoms with Crippen LogP contribution in [0.5, 0.6) is 11.5 Å². The number of hydrogen-bond acceptors (Lipinski definition) is 6. The van der Waals surface area contributed by atoms with Gasteiger partial charge in [-0.25, -0.2) is 0 Å². The molecule has 0 saturated carbocycles. The predicted molar refractivity (Wildman–Crippen MR) is 88.2 cm³/mol. The topological polar surface area (TPSA) is 83.4 Å². The highest BCUT2D eigenvalue weighted by atomic mass is 32.1. The first-order chi connectivity index (χ1) is 11.2. The van der Waals surface area contributed by atoms with Gasteiger partial charge < -0.3 is 20.1 Å². The molecule has 118 valence electrons. The molecule has 2 aromatic rings. The Balaban J connectivity index is 1.65. The number of nitrogens with one attached hydrogen (secondary N) is 2. The fraction of sp³-hybridized carbons (Fsp3) is 0.250. The molecule has 2 heterocycles. The van der Waals surface area contributed by atoms with Crippen molar-refractivity contribution in [1.29, 1.82) is 5.26 Å². The van der Waals surface area contributed by atoms with Crippen LogP contribution >= 0.6 is 11.3 Å². The van der Waals surface area contributed by atoms with Gasteiger partial charge in [0.1, 0.15) is 30.3 Å². The Morgan fingerprint density at radius 2 is 2.09 bits per heavy atom. The Bertz CT molecular complexity index is 766. The number of nitriles is 1. The Morgan fingerprint density at radius 3 is 2.87 bits per heavy atom. The van der Waals surface area contributed by atoms with Gasteiger partial charge in [-0.15, -0.1) is 11.3 Å². The fourth-order valence-electron chi connectivity index (χ4n) is 2.16. The van der Waals surface area contributed by atoms with E-state index in [2.05, 4.69) is 10.6 Å². The van der Waals surface area contributed by atoms with Crippen molar-refractivity contribution in [3.05, 3.63) is 35.2 Å². The van der Waals surface area contributed by atoms with Gasteiger partial charge in [-0.3, -0.25) is 4.79 Å². The summed E-state index contributed by atoms with van der Waals surface area (Å²) in [7, 11) is 0. The molecule has 0 bridgehead atoms. The van der Waals surface area contributed by atoms with Crippen LogP contribution in [0, 0.1) is 11.3 Å². The van der Waals surface area contributed by atoms with E-state index >= 15 is 0 Å². The average Bonchev–Trinajstić information content (AvgIpc) is 3.01. The molecule has 6 nitrogen and oxygen atoms in total. The molecule has 7 heteroatoms. The molecule has 0 aliphatic carbocycles. The molecule has 0 radical (unpaired) electrons. The number of fused-ring (bicyclic) bond motifs is 1. The van der Waals surface area contributed by atoms with E-state index in [0.29, 0.717) is 35.3 Å². The van der Waals surface area contributed by atoms with E-state index in [1.54, 1.807) is 18.4 Å². The Morgan fingerprint density at radius 1 is 1.30 bits per heavy atom. The smallest absolute Gasteiger partial charge is 0.247 e. The Hall–Kier alpha value is -2.72. The van der Waals surface area contributed by atoms with Crippen LogP contribution in [0.4, 0.5) is 10.7 Å². The molecule has 1 aliphatic rings. The van der Waals surface area contributed by atoms with E-state index in [0.717, 1.165) is 5.69 Å². The predicted octanol–water partition coefficient (Wildman–Crippen LogP) is 2.83. The average molecular weight is 329 g/mol. The first kappa shape index (κ1) is 15.2. The maximum absolute atomic E-state index is 12.2. The summed E-state index contributed by atoms with van der Waals surface area (Å²) in [5.41, 5.74) is 1.23. The van der Waals surface area contributed by atoms with E-state index in [4.69, 9.17) is 14.7 Å². The zero-order valence-corrected chi connectivity index (χ0v) is 13.3. The summed E-state index contributed by atoms with van der Waals surface area (Å²) in [5, 5.41) is 17.2. The van der Waals surface area contributed by atoms with Gasteiger partial charge in [0.2, 0.25) is 5.91 Å². The van der Waals surface area contributed by atoms with Crippen LogP contribution in [-0.4, -0.2) is 25.2 Å². The first-order valence-electron chi connectivity index (χ1n) is 7.12. The molecule has 0 spiro atoms. The van der Waals surface area contributed by atoms with E-state index < -0.39 is 6.04 Å². The zero-order valence-electron chi connectivity index (χ0n) is 12.5. The number of carbonyl (C=O) groups is 1. The number of hydrogen-bond donors (Lipinski definition) is 2. The third-order valence-corrected chi connectivity index (χ3v) is 4.17. The third-order valence-electron chi connectivity index (χ3n) is 3.34. The summed E-state index contributed by atoms with van der Waals surface area (Å²) in [6, 6.07) is 8.72. The highest BCUT2D eigenvalue weighted by molar-refractivity contribution is 7.14.